The number of anilines is 1. The standard InChI is InChI=1S/C15H22ClN3O2/c1-11-4-3-5-13(16)14(11)18-15(20)17-10-12(2)19-6-8-21-9-7-19/h3-5,12H,6-10H2,1-2H3,(H2,17,18,20). The first kappa shape index (κ1) is 16.1. The van der Waals surface area contributed by atoms with E-state index in [9.17, 15) is 4.79 Å². The number of nitrogens with zero attached hydrogens (tertiary/aromatic N) is 1. The van der Waals surface area contributed by atoms with Crippen LogP contribution >= 0.6 is 11.6 Å². The molecule has 1 saturated heterocycles. The van der Waals surface area contributed by atoms with Crippen molar-refractivity contribution in [1.29, 1.82) is 0 Å². The number of halogens is 1. The van der Waals surface area contributed by atoms with Crippen molar-refractivity contribution in [3.63, 3.8) is 0 Å². The third-order valence-corrected chi connectivity index (χ3v) is 4.00. The van der Waals surface area contributed by atoms with Gasteiger partial charge in [-0.1, -0.05) is 23.7 Å². The van der Waals surface area contributed by atoms with E-state index in [-0.39, 0.29) is 12.1 Å². The zero-order valence-corrected chi connectivity index (χ0v) is 13.2. The normalized spacial score (nSPS) is 17.3. The number of morpholine rings is 1. The van der Waals surface area contributed by atoms with Gasteiger partial charge in [-0.15, -0.1) is 0 Å². The number of hydrogen-bond acceptors (Lipinski definition) is 3. The van der Waals surface area contributed by atoms with E-state index in [0.29, 0.717) is 17.3 Å². The molecule has 0 aromatic heterocycles. The van der Waals surface area contributed by atoms with E-state index in [2.05, 4.69) is 22.5 Å². The number of carbonyl (C=O) groups is 1. The number of benzene rings is 1. The van der Waals surface area contributed by atoms with E-state index in [0.717, 1.165) is 31.9 Å². The van der Waals surface area contributed by atoms with Crippen molar-refractivity contribution < 1.29 is 9.53 Å². The topological polar surface area (TPSA) is 53.6 Å². The average Bonchev–Trinajstić information content (AvgIpc) is 2.49. The highest BCUT2D eigenvalue weighted by molar-refractivity contribution is 6.33. The number of amides is 2. The van der Waals surface area contributed by atoms with Crippen molar-refractivity contribution in [3.8, 4) is 0 Å². The van der Waals surface area contributed by atoms with Gasteiger partial charge in [0.2, 0.25) is 0 Å². The van der Waals surface area contributed by atoms with Gasteiger partial charge in [0.25, 0.3) is 0 Å². The first-order valence-corrected chi connectivity index (χ1v) is 7.57. The largest absolute Gasteiger partial charge is 0.379 e. The molecule has 1 unspecified atom stereocenters. The van der Waals surface area contributed by atoms with Gasteiger partial charge < -0.3 is 15.4 Å². The molecule has 2 N–H and O–H groups in total. The summed E-state index contributed by atoms with van der Waals surface area (Å²) in [6.45, 7) is 7.95. The molecule has 1 atom stereocenters. The van der Waals surface area contributed by atoms with E-state index in [4.69, 9.17) is 16.3 Å². The molecular weight excluding hydrogens is 290 g/mol. The predicted octanol–water partition coefficient (Wildman–Crippen LogP) is 2.49. The Morgan fingerprint density at radius 3 is 2.81 bits per heavy atom. The van der Waals surface area contributed by atoms with Crippen molar-refractivity contribution >= 4 is 23.3 Å². The predicted molar refractivity (Wildman–Crippen MR) is 85.1 cm³/mol. The minimum atomic E-state index is -0.230. The summed E-state index contributed by atoms with van der Waals surface area (Å²) in [5.41, 5.74) is 1.61. The van der Waals surface area contributed by atoms with Crippen LogP contribution in [0.25, 0.3) is 0 Å². The molecule has 0 spiro atoms. The Balaban J connectivity index is 1.82. The maximum Gasteiger partial charge on any atom is 0.319 e. The van der Waals surface area contributed by atoms with E-state index in [1.165, 1.54) is 0 Å². The molecule has 1 aliphatic heterocycles. The second kappa shape index (κ2) is 7.64. The van der Waals surface area contributed by atoms with Gasteiger partial charge in [0.15, 0.2) is 0 Å². The van der Waals surface area contributed by atoms with E-state index < -0.39 is 0 Å². The number of rotatable bonds is 4. The summed E-state index contributed by atoms with van der Waals surface area (Å²) in [6.07, 6.45) is 0. The Labute approximate surface area is 130 Å². The van der Waals surface area contributed by atoms with Crippen molar-refractivity contribution in [2.75, 3.05) is 38.2 Å². The molecular formula is C15H22ClN3O2. The third kappa shape index (κ3) is 4.59. The van der Waals surface area contributed by atoms with Gasteiger partial charge in [-0.3, -0.25) is 4.90 Å². The van der Waals surface area contributed by atoms with Gasteiger partial charge in [0.1, 0.15) is 0 Å². The molecule has 1 fully saturated rings. The van der Waals surface area contributed by atoms with Gasteiger partial charge in [-0.25, -0.2) is 4.79 Å². The van der Waals surface area contributed by atoms with Crippen molar-refractivity contribution in [3.05, 3.63) is 28.8 Å². The maximum atomic E-state index is 12.0. The van der Waals surface area contributed by atoms with Crippen LogP contribution in [-0.4, -0.2) is 49.8 Å². The van der Waals surface area contributed by atoms with E-state index in [1.807, 2.05) is 19.1 Å². The van der Waals surface area contributed by atoms with E-state index >= 15 is 0 Å². The van der Waals surface area contributed by atoms with E-state index in [1.54, 1.807) is 6.07 Å². The molecule has 21 heavy (non-hydrogen) atoms. The molecule has 0 bridgehead atoms. The lowest BCUT2D eigenvalue weighted by atomic mass is 10.2. The molecule has 0 aliphatic carbocycles. The molecule has 2 amide bonds. The molecule has 0 saturated carbocycles. The van der Waals surface area contributed by atoms with Crippen LogP contribution in [0.1, 0.15) is 12.5 Å². The van der Waals surface area contributed by atoms with Gasteiger partial charge in [0, 0.05) is 25.7 Å². The van der Waals surface area contributed by atoms with Crippen LogP contribution in [0.4, 0.5) is 10.5 Å². The second-order valence-corrected chi connectivity index (χ2v) is 5.67. The highest BCUT2D eigenvalue weighted by atomic mass is 35.5. The first-order chi connectivity index (χ1) is 10.1. The second-order valence-electron chi connectivity index (χ2n) is 5.26. The van der Waals surface area contributed by atoms with Crippen LogP contribution in [0, 0.1) is 6.92 Å². The third-order valence-electron chi connectivity index (χ3n) is 3.69. The van der Waals surface area contributed by atoms with Crippen LogP contribution in [0.3, 0.4) is 0 Å². The Morgan fingerprint density at radius 2 is 2.14 bits per heavy atom. The highest BCUT2D eigenvalue weighted by Crippen LogP contribution is 2.24. The van der Waals surface area contributed by atoms with Crippen molar-refractivity contribution in [2.24, 2.45) is 0 Å². The molecule has 1 aromatic carbocycles. The fourth-order valence-corrected chi connectivity index (χ4v) is 2.60. The number of carbonyl (C=O) groups excluding carboxylic acids is 1. The molecule has 6 heteroatoms. The summed E-state index contributed by atoms with van der Waals surface area (Å²) in [7, 11) is 0. The summed E-state index contributed by atoms with van der Waals surface area (Å²) in [5, 5.41) is 6.25. The Kier molecular flexibility index (Phi) is 5.85. The number of ether oxygens (including phenoxy) is 1. The summed E-state index contributed by atoms with van der Waals surface area (Å²) in [6, 6.07) is 5.60. The van der Waals surface area contributed by atoms with Crippen LogP contribution in [-0.2, 0) is 4.74 Å². The first-order valence-electron chi connectivity index (χ1n) is 7.19. The maximum absolute atomic E-state index is 12.0. The fraction of sp³-hybridized carbons (Fsp3) is 0.533. The highest BCUT2D eigenvalue weighted by Gasteiger charge is 2.17. The molecule has 0 radical (unpaired) electrons. The Hall–Kier alpha value is -1.30. The lowest BCUT2D eigenvalue weighted by Gasteiger charge is -2.32. The number of hydrogen-bond donors (Lipinski definition) is 2. The summed E-state index contributed by atoms with van der Waals surface area (Å²) >= 11 is 6.09. The van der Waals surface area contributed by atoms with Crippen LogP contribution < -0.4 is 10.6 Å². The molecule has 5 nitrogen and oxygen atoms in total. The summed E-state index contributed by atoms with van der Waals surface area (Å²) < 4.78 is 5.32. The van der Waals surface area contributed by atoms with Gasteiger partial charge in [-0.05, 0) is 25.5 Å². The van der Waals surface area contributed by atoms with Gasteiger partial charge >= 0.3 is 6.03 Å². The van der Waals surface area contributed by atoms with Crippen molar-refractivity contribution in [1.82, 2.24) is 10.2 Å². The number of aryl methyl sites for hydroxylation is 1. The van der Waals surface area contributed by atoms with Crippen LogP contribution in [0.5, 0.6) is 0 Å². The molecule has 1 aliphatic rings. The monoisotopic (exact) mass is 311 g/mol. The lowest BCUT2D eigenvalue weighted by Crippen LogP contribution is -2.47. The Morgan fingerprint density at radius 1 is 1.43 bits per heavy atom. The number of para-hydroxylation sites is 1. The minimum Gasteiger partial charge on any atom is -0.379 e. The van der Waals surface area contributed by atoms with Crippen LogP contribution in [0.15, 0.2) is 18.2 Å². The Bertz CT molecular complexity index is 470. The quantitative estimate of drug-likeness (QED) is 0.898. The number of nitrogens with one attached hydrogen (secondary N) is 2. The molecule has 2 rings (SSSR count). The van der Waals surface area contributed by atoms with Gasteiger partial charge in [-0.2, -0.15) is 0 Å². The smallest absolute Gasteiger partial charge is 0.319 e. The van der Waals surface area contributed by atoms with Crippen LogP contribution in [0.2, 0.25) is 5.02 Å². The van der Waals surface area contributed by atoms with Crippen molar-refractivity contribution in [2.45, 2.75) is 19.9 Å². The SMILES string of the molecule is Cc1cccc(Cl)c1NC(=O)NCC(C)N1CCOCC1. The summed E-state index contributed by atoms with van der Waals surface area (Å²) in [5.74, 6) is 0. The van der Waals surface area contributed by atoms with Gasteiger partial charge in [0.05, 0.1) is 23.9 Å². The zero-order valence-electron chi connectivity index (χ0n) is 12.5. The average molecular weight is 312 g/mol. The minimum absolute atomic E-state index is 0.230. The molecule has 1 heterocycles. The fourth-order valence-electron chi connectivity index (χ4n) is 2.34. The summed E-state index contributed by atoms with van der Waals surface area (Å²) in [4.78, 5) is 14.3. The lowest BCUT2D eigenvalue weighted by molar-refractivity contribution is 0.0209. The number of urea groups is 1. The molecule has 116 valence electrons. The molecule has 1 aromatic rings. The zero-order chi connectivity index (χ0) is 15.2.